The van der Waals surface area contributed by atoms with Gasteiger partial charge in [0.15, 0.2) is 0 Å². The maximum Gasteiger partial charge on any atom is 0.472 e. The number of carbonyl (C=O) groups is 1. The molecule has 0 fully saturated rings. The lowest BCUT2D eigenvalue weighted by atomic mass is 10.1. The molecule has 8 nitrogen and oxygen atoms in total. The van der Waals surface area contributed by atoms with E-state index in [0.717, 1.165) is 44.9 Å². The van der Waals surface area contributed by atoms with Gasteiger partial charge in [0.05, 0.1) is 39.9 Å². The topological polar surface area (TPSA) is 105 Å². The van der Waals surface area contributed by atoms with Crippen LogP contribution in [0.2, 0.25) is 0 Å². The van der Waals surface area contributed by atoms with Crippen molar-refractivity contribution >= 4 is 13.7 Å². The number of hydrogen-bond donors (Lipinski definition) is 3. The van der Waals surface area contributed by atoms with Crippen LogP contribution in [0.4, 0.5) is 0 Å². The number of aliphatic hydroxyl groups is 1. The second-order valence-electron chi connectivity index (χ2n) is 13.6. The number of unbranched alkanes of at least 4 members (excludes halogenated alkanes) is 16. The summed E-state index contributed by atoms with van der Waals surface area (Å²) in [6, 6.07) is -0.878. The number of amides is 1. The largest absolute Gasteiger partial charge is 0.472 e. The molecule has 0 heterocycles. The Morgan fingerprint density at radius 1 is 0.739 bits per heavy atom. The minimum atomic E-state index is -4.34. The van der Waals surface area contributed by atoms with E-state index in [1.165, 1.54) is 77.0 Å². The zero-order valence-corrected chi connectivity index (χ0v) is 31.2. The van der Waals surface area contributed by atoms with Crippen molar-refractivity contribution in [3.8, 4) is 0 Å². The number of hydrogen-bond acceptors (Lipinski definition) is 5. The second kappa shape index (κ2) is 29.8. The molecule has 0 saturated carbocycles. The smallest absolute Gasteiger partial charge is 0.387 e. The number of likely N-dealkylation sites (N-methyl/N-ethyl adjacent to an activating group) is 1. The Morgan fingerprint density at radius 3 is 1.80 bits per heavy atom. The van der Waals surface area contributed by atoms with Gasteiger partial charge in [-0.2, -0.15) is 0 Å². The molecule has 9 heteroatoms. The summed E-state index contributed by atoms with van der Waals surface area (Å²) >= 11 is 0. The molecule has 0 saturated heterocycles. The molecule has 0 rings (SSSR count). The number of nitrogens with one attached hydrogen (secondary N) is 1. The van der Waals surface area contributed by atoms with E-state index in [1.807, 2.05) is 27.2 Å². The standard InChI is InChI=1S/C37H71N2O6P/c1-6-8-10-12-14-16-18-19-21-23-25-27-29-31-37(41)38-35(34-45-46(42,43)44-33-32-39(3,4)5)36(40)30-28-26-24-22-20-17-15-13-11-9-7-2/h16,18,24,26,28,30,35-36,40H,6-15,17,19-23,25,27,29,31-34H2,1-5H3,(H-,38,41,42,43)/p+1/b18-16+,26-24+,30-28+/t35-,36+/m0/s1. The number of phosphoric acid groups is 1. The van der Waals surface area contributed by atoms with Gasteiger partial charge in [-0.1, -0.05) is 127 Å². The van der Waals surface area contributed by atoms with Crippen LogP contribution >= 0.6 is 7.82 Å². The Bertz CT molecular complexity index is 855. The summed E-state index contributed by atoms with van der Waals surface area (Å²) in [5, 5.41) is 13.6. The van der Waals surface area contributed by atoms with Gasteiger partial charge in [-0.3, -0.25) is 13.8 Å². The van der Waals surface area contributed by atoms with Crippen LogP contribution in [-0.2, 0) is 18.4 Å². The monoisotopic (exact) mass is 672 g/mol. The SMILES string of the molecule is CCCCCC/C=C/CCCCCCCC(=O)N[C@@H](COP(=O)(O)OCC[N+](C)(C)C)[C@H](O)/C=C/C=C/CCCCCCCCC. The Balaban J connectivity index is 4.65. The first kappa shape index (κ1) is 44.7. The highest BCUT2D eigenvalue weighted by Crippen LogP contribution is 2.43. The van der Waals surface area contributed by atoms with Crippen molar-refractivity contribution in [2.75, 3.05) is 40.9 Å². The number of allylic oxidation sites excluding steroid dienone is 5. The van der Waals surface area contributed by atoms with Gasteiger partial charge in [-0.15, -0.1) is 0 Å². The molecule has 0 aliphatic rings. The van der Waals surface area contributed by atoms with Gasteiger partial charge in [0.1, 0.15) is 13.2 Å². The first-order chi connectivity index (χ1) is 22.0. The van der Waals surface area contributed by atoms with Crippen molar-refractivity contribution < 1.29 is 32.9 Å². The number of nitrogens with zero attached hydrogens (tertiary/aromatic N) is 1. The van der Waals surface area contributed by atoms with Gasteiger partial charge in [0.2, 0.25) is 5.91 Å². The molecule has 0 aromatic heterocycles. The van der Waals surface area contributed by atoms with Crippen molar-refractivity contribution in [3.63, 3.8) is 0 Å². The molecule has 1 amide bonds. The number of phosphoric ester groups is 1. The Labute approximate surface area is 283 Å². The Morgan fingerprint density at radius 2 is 1.24 bits per heavy atom. The average Bonchev–Trinajstić information content (AvgIpc) is 2.99. The van der Waals surface area contributed by atoms with Gasteiger partial charge in [0, 0.05) is 6.42 Å². The number of rotatable bonds is 32. The molecule has 0 bridgehead atoms. The van der Waals surface area contributed by atoms with E-state index < -0.39 is 20.0 Å². The van der Waals surface area contributed by atoms with Crippen molar-refractivity contribution in [3.05, 3.63) is 36.5 Å². The van der Waals surface area contributed by atoms with Crippen molar-refractivity contribution in [2.24, 2.45) is 0 Å². The molecule has 0 aliphatic heterocycles. The first-order valence-corrected chi connectivity index (χ1v) is 19.9. The summed E-state index contributed by atoms with van der Waals surface area (Å²) in [5.74, 6) is -0.208. The van der Waals surface area contributed by atoms with Crippen LogP contribution in [0.3, 0.4) is 0 Å². The molecule has 270 valence electrons. The van der Waals surface area contributed by atoms with Crippen molar-refractivity contribution in [1.82, 2.24) is 5.32 Å². The van der Waals surface area contributed by atoms with Crippen LogP contribution in [0.15, 0.2) is 36.5 Å². The van der Waals surface area contributed by atoms with E-state index in [0.29, 0.717) is 17.4 Å². The predicted molar refractivity (Wildman–Crippen MR) is 194 cm³/mol. The predicted octanol–water partition coefficient (Wildman–Crippen LogP) is 9.18. The van der Waals surface area contributed by atoms with Crippen LogP contribution in [0.5, 0.6) is 0 Å². The summed E-state index contributed by atoms with van der Waals surface area (Å²) in [6.45, 7) is 4.70. The van der Waals surface area contributed by atoms with E-state index in [1.54, 1.807) is 12.2 Å². The van der Waals surface area contributed by atoms with Gasteiger partial charge >= 0.3 is 7.82 Å². The lowest BCUT2D eigenvalue weighted by molar-refractivity contribution is -0.870. The quantitative estimate of drug-likeness (QED) is 0.0217. The highest BCUT2D eigenvalue weighted by atomic mass is 31.2. The lowest BCUT2D eigenvalue weighted by Gasteiger charge is -2.25. The summed E-state index contributed by atoms with van der Waals surface area (Å²) in [6.07, 6.45) is 33.6. The van der Waals surface area contributed by atoms with Gasteiger partial charge in [-0.05, 0) is 44.9 Å². The zero-order valence-electron chi connectivity index (χ0n) is 30.3. The third-order valence-corrected chi connectivity index (χ3v) is 8.87. The fourth-order valence-electron chi connectivity index (χ4n) is 4.86. The van der Waals surface area contributed by atoms with Crippen LogP contribution in [0, 0.1) is 0 Å². The molecule has 3 N–H and O–H groups in total. The Hall–Kier alpha value is -1.28. The first-order valence-electron chi connectivity index (χ1n) is 18.4. The summed E-state index contributed by atoms with van der Waals surface area (Å²) in [7, 11) is 1.53. The van der Waals surface area contributed by atoms with Crippen LogP contribution in [0.1, 0.15) is 142 Å². The molecule has 0 aromatic rings. The molecular formula is C37H72N2O6P+. The van der Waals surface area contributed by atoms with E-state index in [4.69, 9.17) is 9.05 Å². The zero-order chi connectivity index (χ0) is 34.4. The van der Waals surface area contributed by atoms with Gasteiger partial charge in [-0.25, -0.2) is 4.57 Å². The van der Waals surface area contributed by atoms with E-state index >= 15 is 0 Å². The van der Waals surface area contributed by atoms with Crippen LogP contribution in [0.25, 0.3) is 0 Å². The maximum absolute atomic E-state index is 12.7. The molecule has 3 atom stereocenters. The summed E-state index contributed by atoms with van der Waals surface area (Å²) in [4.78, 5) is 22.9. The van der Waals surface area contributed by atoms with E-state index in [2.05, 4.69) is 37.4 Å². The molecule has 0 aliphatic carbocycles. The second-order valence-corrected chi connectivity index (χ2v) is 15.1. The third kappa shape index (κ3) is 31.3. The lowest BCUT2D eigenvalue weighted by Crippen LogP contribution is -2.45. The number of carbonyl (C=O) groups excluding carboxylic acids is 1. The fraction of sp³-hybridized carbons (Fsp3) is 0.811. The highest BCUT2D eigenvalue weighted by Gasteiger charge is 2.27. The van der Waals surface area contributed by atoms with E-state index in [-0.39, 0.29) is 19.1 Å². The van der Waals surface area contributed by atoms with Crippen LogP contribution < -0.4 is 5.32 Å². The number of quaternary nitrogens is 1. The van der Waals surface area contributed by atoms with Gasteiger partial charge in [0.25, 0.3) is 0 Å². The minimum absolute atomic E-state index is 0.0512. The van der Waals surface area contributed by atoms with Crippen molar-refractivity contribution in [1.29, 1.82) is 0 Å². The van der Waals surface area contributed by atoms with Crippen LogP contribution in [-0.4, -0.2) is 73.4 Å². The maximum atomic E-state index is 12.7. The Kier molecular flexibility index (Phi) is 29.0. The minimum Gasteiger partial charge on any atom is -0.387 e. The summed E-state index contributed by atoms with van der Waals surface area (Å²) in [5.41, 5.74) is 0. The normalized spacial score (nSPS) is 15.2. The third-order valence-electron chi connectivity index (χ3n) is 7.89. The molecule has 0 radical (unpaired) electrons. The summed E-state index contributed by atoms with van der Waals surface area (Å²) < 4.78 is 23.3. The number of aliphatic hydroxyl groups excluding tert-OH is 1. The molecule has 0 spiro atoms. The highest BCUT2D eigenvalue weighted by molar-refractivity contribution is 7.47. The molecule has 46 heavy (non-hydrogen) atoms. The molecule has 1 unspecified atom stereocenters. The fourth-order valence-corrected chi connectivity index (χ4v) is 5.59. The molecule has 0 aromatic carbocycles. The average molecular weight is 672 g/mol. The van der Waals surface area contributed by atoms with Crippen molar-refractivity contribution in [2.45, 2.75) is 154 Å². The van der Waals surface area contributed by atoms with Gasteiger partial charge < -0.3 is 19.8 Å². The van der Waals surface area contributed by atoms with E-state index in [9.17, 15) is 19.4 Å². The molecular weight excluding hydrogens is 599 g/mol.